The lowest BCUT2D eigenvalue weighted by Gasteiger charge is -2.08. The standard InChI is InChI=1S/C16H14Cl2O3.2C2H6.CH2O/c1-20-16(19)9-11-2-5-13(6-3-11)21-10-12-4-7-14(17)15(18)8-12;3*1-2/h2-8H,9-10H2,1H3;2*1-2H3;1H2. The van der Waals surface area contributed by atoms with Gasteiger partial charge in [-0.25, -0.2) is 0 Å². The first-order chi connectivity index (χ1) is 13.1. The van der Waals surface area contributed by atoms with Gasteiger partial charge in [0, 0.05) is 0 Å². The van der Waals surface area contributed by atoms with Gasteiger partial charge in [0.15, 0.2) is 0 Å². The molecule has 2 aromatic carbocycles. The molecule has 27 heavy (non-hydrogen) atoms. The molecule has 0 radical (unpaired) electrons. The van der Waals surface area contributed by atoms with Gasteiger partial charge in [-0.3, -0.25) is 4.79 Å². The average Bonchev–Trinajstić information content (AvgIpc) is 2.74. The van der Waals surface area contributed by atoms with Crippen LogP contribution in [-0.2, 0) is 27.4 Å². The monoisotopic (exact) mass is 414 g/mol. The summed E-state index contributed by atoms with van der Waals surface area (Å²) in [7, 11) is 1.37. The van der Waals surface area contributed by atoms with Gasteiger partial charge in [0.2, 0.25) is 0 Å². The van der Waals surface area contributed by atoms with Crippen molar-refractivity contribution in [1.82, 2.24) is 0 Å². The first-order valence-corrected chi connectivity index (χ1v) is 9.35. The summed E-state index contributed by atoms with van der Waals surface area (Å²) >= 11 is 11.8. The second kappa shape index (κ2) is 17.4. The highest BCUT2D eigenvalue weighted by atomic mass is 35.5. The first kappa shape index (κ1) is 27.2. The van der Waals surface area contributed by atoms with Gasteiger partial charge in [0.1, 0.15) is 19.1 Å². The van der Waals surface area contributed by atoms with Crippen molar-refractivity contribution in [2.24, 2.45) is 0 Å². The number of hydrogen-bond acceptors (Lipinski definition) is 4. The van der Waals surface area contributed by atoms with Crippen molar-refractivity contribution in [3.8, 4) is 5.75 Å². The lowest BCUT2D eigenvalue weighted by atomic mass is 10.1. The van der Waals surface area contributed by atoms with Crippen LogP contribution in [-0.4, -0.2) is 19.9 Å². The lowest BCUT2D eigenvalue weighted by molar-refractivity contribution is -0.139. The summed E-state index contributed by atoms with van der Waals surface area (Å²) in [5, 5.41) is 1.03. The third-order valence-electron chi connectivity index (χ3n) is 2.89. The molecule has 0 atom stereocenters. The minimum Gasteiger partial charge on any atom is -0.489 e. The minimum absolute atomic E-state index is 0.254. The number of benzene rings is 2. The topological polar surface area (TPSA) is 52.6 Å². The molecule has 0 aliphatic rings. The molecule has 0 aliphatic heterocycles. The van der Waals surface area contributed by atoms with E-state index in [0.717, 1.165) is 16.9 Å². The molecule has 0 aromatic heterocycles. The predicted molar refractivity (Wildman–Crippen MR) is 113 cm³/mol. The van der Waals surface area contributed by atoms with E-state index in [1.54, 1.807) is 12.1 Å². The van der Waals surface area contributed by atoms with Gasteiger partial charge in [-0.2, -0.15) is 0 Å². The molecule has 2 aromatic rings. The first-order valence-electron chi connectivity index (χ1n) is 8.60. The lowest BCUT2D eigenvalue weighted by Crippen LogP contribution is -2.04. The van der Waals surface area contributed by atoms with Gasteiger partial charge >= 0.3 is 5.97 Å². The Morgan fingerprint density at radius 2 is 1.41 bits per heavy atom. The van der Waals surface area contributed by atoms with Crippen LogP contribution < -0.4 is 4.74 Å². The third kappa shape index (κ3) is 11.3. The number of carbonyl (C=O) groups is 2. The molecule has 0 aliphatic carbocycles. The van der Waals surface area contributed by atoms with Gasteiger partial charge in [-0.15, -0.1) is 0 Å². The number of halogens is 2. The maximum atomic E-state index is 11.2. The van der Waals surface area contributed by atoms with Crippen LogP contribution in [0.15, 0.2) is 42.5 Å². The number of ether oxygens (including phenoxy) is 2. The molecule has 0 amide bonds. The molecule has 0 unspecified atom stereocenters. The molecular weight excluding hydrogens is 387 g/mol. The fourth-order valence-electron chi connectivity index (χ4n) is 1.74. The summed E-state index contributed by atoms with van der Waals surface area (Å²) in [5.74, 6) is 0.453. The number of hydrogen-bond donors (Lipinski definition) is 0. The Hall–Kier alpha value is -2.04. The normalized spacial score (nSPS) is 8.56. The molecule has 2 rings (SSSR count). The van der Waals surface area contributed by atoms with Crippen LogP contribution in [0, 0.1) is 0 Å². The molecule has 0 N–H and O–H groups in total. The highest BCUT2D eigenvalue weighted by Gasteiger charge is 2.04. The number of rotatable bonds is 5. The third-order valence-corrected chi connectivity index (χ3v) is 3.63. The summed E-state index contributed by atoms with van der Waals surface area (Å²) < 4.78 is 10.3. The predicted octanol–water partition coefficient (Wildman–Crippen LogP) is 6.16. The second-order valence-electron chi connectivity index (χ2n) is 4.43. The van der Waals surface area contributed by atoms with E-state index in [0.29, 0.717) is 16.7 Å². The summed E-state index contributed by atoms with van der Waals surface area (Å²) in [6.45, 7) is 10.4. The molecule has 150 valence electrons. The maximum absolute atomic E-state index is 11.2. The van der Waals surface area contributed by atoms with Crippen molar-refractivity contribution < 1.29 is 19.1 Å². The highest BCUT2D eigenvalue weighted by Crippen LogP contribution is 2.23. The van der Waals surface area contributed by atoms with Crippen LogP contribution in [0.1, 0.15) is 38.8 Å². The van der Waals surface area contributed by atoms with E-state index in [-0.39, 0.29) is 12.4 Å². The summed E-state index contributed by atoms with van der Waals surface area (Å²) in [5.41, 5.74) is 1.81. The fraction of sp³-hybridized carbons (Fsp3) is 0.333. The molecule has 0 fully saturated rings. The minimum atomic E-state index is -0.264. The number of carbonyl (C=O) groups excluding carboxylic acids is 2. The van der Waals surface area contributed by atoms with Crippen molar-refractivity contribution in [2.45, 2.75) is 40.7 Å². The van der Waals surface area contributed by atoms with Gasteiger partial charge < -0.3 is 14.3 Å². The molecule has 0 bridgehead atoms. The van der Waals surface area contributed by atoms with E-state index in [2.05, 4.69) is 4.74 Å². The molecule has 0 heterocycles. The quantitative estimate of drug-likeness (QED) is 0.549. The van der Waals surface area contributed by atoms with E-state index in [9.17, 15) is 4.79 Å². The summed E-state index contributed by atoms with van der Waals surface area (Å²) in [6, 6.07) is 12.7. The van der Waals surface area contributed by atoms with E-state index < -0.39 is 0 Å². The van der Waals surface area contributed by atoms with Crippen molar-refractivity contribution in [2.75, 3.05) is 7.11 Å². The number of methoxy groups -OCH3 is 1. The van der Waals surface area contributed by atoms with Crippen LogP contribution in [0.5, 0.6) is 5.75 Å². The van der Waals surface area contributed by atoms with Crippen LogP contribution in [0.2, 0.25) is 10.0 Å². The zero-order valence-corrected chi connectivity index (χ0v) is 18.1. The average molecular weight is 415 g/mol. The van der Waals surface area contributed by atoms with E-state index >= 15 is 0 Å². The highest BCUT2D eigenvalue weighted by molar-refractivity contribution is 6.42. The largest absolute Gasteiger partial charge is 0.489 e. The van der Waals surface area contributed by atoms with Gasteiger partial charge in [-0.1, -0.05) is 69.1 Å². The Balaban J connectivity index is 0. The Bertz CT molecular complexity index is 643. The van der Waals surface area contributed by atoms with E-state index in [4.69, 9.17) is 32.7 Å². The molecule has 0 saturated carbocycles. The Labute approximate surface area is 172 Å². The van der Waals surface area contributed by atoms with Gasteiger partial charge in [0.25, 0.3) is 0 Å². The van der Waals surface area contributed by atoms with Crippen molar-refractivity contribution in [3.05, 3.63) is 63.6 Å². The summed E-state index contributed by atoms with van der Waals surface area (Å²) in [4.78, 5) is 19.2. The van der Waals surface area contributed by atoms with Crippen LogP contribution >= 0.6 is 23.2 Å². The zero-order valence-electron chi connectivity index (χ0n) is 16.6. The molecule has 0 saturated heterocycles. The van der Waals surface area contributed by atoms with Crippen LogP contribution in [0.3, 0.4) is 0 Å². The van der Waals surface area contributed by atoms with E-state index in [1.807, 2.05) is 64.8 Å². The second-order valence-corrected chi connectivity index (χ2v) is 5.25. The maximum Gasteiger partial charge on any atom is 0.309 e. The SMILES string of the molecule is C=O.CC.CC.COC(=O)Cc1ccc(OCc2ccc(Cl)c(Cl)c2)cc1. The van der Waals surface area contributed by atoms with Crippen LogP contribution in [0.25, 0.3) is 0 Å². The van der Waals surface area contributed by atoms with Gasteiger partial charge in [-0.05, 0) is 35.4 Å². The molecule has 6 heteroatoms. The van der Waals surface area contributed by atoms with Crippen LogP contribution in [0.4, 0.5) is 0 Å². The molecule has 0 spiro atoms. The van der Waals surface area contributed by atoms with Crippen molar-refractivity contribution in [3.63, 3.8) is 0 Å². The van der Waals surface area contributed by atoms with Crippen molar-refractivity contribution in [1.29, 1.82) is 0 Å². The van der Waals surface area contributed by atoms with Gasteiger partial charge in [0.05, 0.1) is 23.6 Å². The smallest absolute Gasteiger partial charge is 0.309 e. The van der Waals surface area contributed by atoms with E-state index in [1.165, 1.54) is 7.11 Å². The molecule has 4 nitrogen and oxygen atoms in total. The zero-order chi connectivity index (χ0) is 21.2. The summed E-state index contributed by atoms with van der Waals surface area (Å²) in [6.07, 6.45) is 0.254. The Morgan fingerprint density at radius 1 is 0.889 bits per heavy atom. The Kier molecular flexibility index (Phi) is 17.5. The fourth-order valence-corrected chi connectivity index (χ4v) is 2.06. The molecular formula is C21H28Cl2O4. The van der Waals surface area contributed by atoms with Crippen molar-refractivity contribution >= 4 is 36.0 Å². The Morgan fingerprint density at radius 3 is 1.89 bits per heavy atom. The number of esters is 1.